The van der Waals surface area contributed by atoms with Crippen molar-refractivity contribution in [1.82, 2.24) is 26.6 Å². The number of carbonyl (C=O) groups is 9. The van der Waals surface area contributed by atoms with Crippen molar-refractivity contribution < 1.29 is 58.5 Å². The van der Waals surface area contributed by atoms with Gasteiger partial charge in [0.25, 0.3) is 0 Å². The first-order valence-electron chi connectivity index (χ1n) is 14.5. The Hall–Kier alpha value is -4.81. The van der Waals surface area contributed by atoms with E-state index >= 15 is 0 Å². The highest BCUT2D eigenvalue weighted by Crippen LogP contribution is 2.11. The number of carbonyl (C=O) groups excluding carboxylic acids is 6. The molecule has 6 amide bonds. The van der Waals surface area contributed by atoms with Crippen LogP contribution in [0.5, 0.6) is 0 Å². The van der Waals surface area contributed by atoms with Crippen LogP contribution in [0.1, 0.15) is 66.2 Å². The molecule has 0 aromatic rings. The molecule has 0 aliphatic heterocycles. The smallest absolute Gasteiger partial charge is 0.326 e. The van der Waals surface area contributed by atoms with Gasteiger partial charge in [-0.3, -0.25) is 38.4 Å². The number of rotatable bonds is 22. The summed E-state index contributed by atoms with van der Waals surface area (Å²) in [5.41, 5.74) is 10.4. The molecule has 0 aromatic carbocycles. The van der Waals surface area contributed by atoms with Crippen molar-refractivity contribution in [2.24, 2.45) is 23.3 Å². The third-order valence-corrected chi connectivity index (χ3v) is 6.83. The number of nitrogens with two attached hydrogens (primary N) is 2. The molecular weight excluding hydrogens is 614 g/mol. The van der Waals surface area contributed by atoms with Crippen molar-refractivity contribution in [2.45, 2.75) is 96.4 Å². The van der Waals surface area contributed by atoms with Crippen LogP contribution in [0.2, 0.25) is 0 Å². The third-order valence-electron chi connectivity index (χ3n) is 6.83. The number of carboxylic acids is 3. The highest BCUT2D eigenvalue weighted by Gasteiger charge is 2.35. The van der Waals surface area contributed by atoms with Gasteiger partial charge in [0.15, 0.2) is 0 Å². The fraction of sp³-hybridized carbons (Fsp3) is 0.667. The van der Waals surface area contributed by atoms with Gasteiger partial charge < -0.3 is 53.4 Å². The molecule has 0 rings (SSSR count). The van der Waals surface area contributed by atoms with Gasteiger partial charge in [0.05, 0.1) is 13.0 Å². The predicted octanol–water partition coefficient (Wildman–Crippen LogP) is -3.24. The van der Waals surface area contributed by atoms with Crippen LogP contribution in [-0.4, -0.2) is 105 Å². The van der Waals surface area contributed by atoms with E-state index in [2.05, 4.69) is 26.6 Å². The molecular formula is C27H45N7O12. The minimum atomic E-state index is -1.84. The average Bonchev–Trinajstić information content (AvgIpc) is 2.96. The highest BCUT2D eigenvalue weighted by molar-refractivity contribution is 5.97. The first-order chi connectivity index (χ1) is 21.3. The number of hydrogen-bond acceptors (Lipinski definition) is 10. The molecule has 0 saturated carbocycles. The molecule has 0 aliphatic rings. The van der Waals surface area contributed by atoms with E-state index in [0.717, 1.165) is 0 Å². The van der Waals surface area contributed by atoms with Gasteiger partial charge in [0.1, 0.15) is 30.2 Å². The molecule has 0 aromatic heterocycles. The summed E-state index contributed by atoms with van der Waals surface area (Å²) >= 11 is 0. The van der Waals surface area contributed by atoms with Crippen LogP contribution in [0, 0.1) is 11.8 Å². The van der Waals surface area contributed by atoms with Gasteiger partial charge in [-0.25, -0.2) is 4.79 Å². The number of aliphatic carboxylic acids is 3. The Bertz CT molecular complexity index is 1150. The minimum absolute atomic E-state index is 0.231. The molecule has 46 heavy (non-hydrogen) atoms. The van der Waals surface area contributed by atoms with E-state index in [1.165, 1.54) is 13.8 Å². The van der Waals surface area contributed by atoms with E-state index in [4.69, 9.17) is 16.6 Å². The lowest BCUT2D eigenvalue weighted by atomic mass is 9.96. The second-order valence-electron chi connectivity index (χ2n) is 10.9. The zero-order valence-electron chi connectivity index (χ0n) is 26.2. The van der Waals surface area contributed by atoms with Gasteiger partial charge in [0.2, 0.25) is 35.4 Å². The summed E-state index contributed by atoms with van der Waals surface area (Å²) in [5, 5.41) is 39.3. The number of amides is 6. The van der Waals surface area contributed by atoms with Gasteiger partial charge in [-0.05, 0) is 24.7 Å². The molecule has 0 heterocycles. The molecule has 0 aliphatic carbocycles. The molecule has 12 N–H and O–H groups in total. The predicted molar refractivity (Wildman–Crippen MR) is 158 cm³/mol. The van der Waals surface area contributed by atoms with Crippen LogP contribution >= 0.6 is 0 Å². The zero-order chi connectivity index (χ0) is 35.7. The van der Waals surface area contributed by atoms with Gasteiger partial charge in [-0.15, -0.1) is 0 Å². The number of hydrogen-bond donors (Lipinski definition) is 10. The summed E-state index contributed by atoms with van der Waals surface area (Å²) in [4.78, 5) is 110. The highest BCUT2D eigenvalue weighted by atomic mass is 16.4. The molecule has 0 unspecified atom stereocenters. The standard InChI is InChI=1S/C27H45N7O12/c1-5-13(4)22(34-23(41)14(6-8-17(29)35)30-18(36)11-28)26(44)32-16(10-20(39)40)25(43)31-15(7-9-19(37)38)24(42)33-21(12(2)3)27(45)46/h12-16,21-22H,5-11,28H2,1-4H3,(H2,29,35)(H,30,36)(H,31,43)(H,32,44)(H,33,42)(H,34,41)(H,37,38)(H,39,40)(H,45,46)/t13-,14-,15-,16-,21-,22-/m0/s1. The summed E-state index contributed by atoms with van der Waals surface area (Å²) in [6, 6.07) is -7.57. The molecule has 19 nitrogen and oxygen atoms in total. The third kappa shape index (κ3) is 15.3. The molecule has 6 atom stereocenters. The lowest BCUT2D eigenvalue weighted by Gasteiger charge is -2.29. The van der Waals surface area contributed by atoms with E-state index in [1.54, 1.807) is 13.8 Å². The van der Waals surface area contributed by atoms with Crippen LogP contribution in [-0.2, 0) is 43.2 Å². The number of primary amides is 1. The van der Waals surface area contributed by atoms with Crippen molar-refractivity contribution in [1.29, 1.82) is 0 Å². The van der Waals surface area contributed by atoms with Gasteiger partial charge in [0, 0.05) is 12.8 Å². The second-order valence-corrected chi connectivity index (χ2v) is 10.9. The molecule has 0 radical (unpaired) electrons. The SMILES string of the molecule is CC[C@H](C)[C@H](NC(=O)[C@H](CCC(N)=O)NC(=O)CN)C(=O)N[C@@H](CC(=O)O)C(=O)N[C@@H](CCC(=O)O)C(=O)N[C@H](C(=O)O)C(C)C. The molecule has 0 saturated heterocycles. The van der Waals surface area contributed by atoms with E-state index in [1.807, 2.05) is 0 Å². The van der Waals surface area contributed by atoms with Crippen LogP contribution < -0.4 is 38.1 Å². The Morgan fingerprint density at radius 1 is 0.630 bits per heavy atom. The summed E-state index contributed by atoms with van der Waals surface area (Å²) in [6.07, 6.45) is -2.36. The summed E-state index contributed by atoms with van der Waals surface area (Å²) in [6.45, 7) is 5.75. The first kappa shape index (κ1) is 41.2. The summed E-state index contributed by atoms with van der Waals surface area (Å²) < 4.78 is 0. The van der Waals surface area contributed by atoms with Crippen molar-refractivity contribution in [3.63, 3.8) is 0 Å². The lowest BCUT2D eigenvalue weighted by molar-refractivity contribution is -0.144. The van der Waals surface area contributed by atoms with Crippen LogP contribution in [0.4, 0.5) is 0 Å². The van der Waals surface area contributed by atoms with Crippen molar-refractivity contribution in [3.05, 3.63) is 0 Å². The lowest BCUT2D eigenvalue weighted by Crippen LogP contribution is -2.60. The zero-order valence-corrected chi connectivity index (χ0v) is 26.2. The molecule has 260 valence electrons. The average molecular weight is 660 g/mol. The maximum absolute atomic E-state index is 13.4. The summed E-state index contributed by atoms with van der Waals surface area (Å²) in [7, 11) is 0. The monoisotopic (exact) mass is 659 g/mol. The molecule has 0 fully saturated rings. The Labute approximate surface area is 264 Å². The van der Waals surface area contributed by atoms with Crippen LogP contribution in [0.15, 0.2) is 0 Å². The van der Waals surface area contributed by atoms with Gasteiger partial charge in [-0.2, -0.15) is 0 Å². The Morgan fingerprint density at radius 3 is 1.54 bits per heavy atom. The van der Waals surface area contributed by atoms with Crippen molar-refractivity contribution in [3.8, 4) is 0 Å². The van der Waals surface area contributed by atoms with E-state index in [0.29, 0.717) is 6.42 Å². The Balaban J connectivity index is 6.16. The molecule has 0 bridgehead atoms. The Kier molecular flexibility index (Phi) is 18.1. The Morgan fingerprint density at radius 2 is 1.11 bits per heavy atom. The largest absolute Gasteiger partial charge is 0.481 e. The molecule has 19 heteroatoms. The van der Waals surface area contributed by atoms with Crippen LogP contribution in [0.3, 0.4) is 0 Å². The first-order valence-corrected chi connectivity index (χ1v) is 14.5. The number of nitrogens with one attached hydrogen (secondary N) is 5. The fourth-order valence-corrected chi connectivity index (χ4v) is 3.99. The van der Waals surface area contributed by atoms with E-state index in [-0.39, 0.29) is 12.8 Å². The summed E-state index contributed by atoms with van der Waals surface area (Å²) in [5.74, 6) is -11.2. The van der Waals surface area contributed by atoms with Gasteiger partial charge >= 0.3 is 17.9 Å². The quantitative estimate of drug-likeness (QED) is 0.0547. The van der Waals surface area contributed by atoms with Crippen LogP contribution in [0.25, 0.3) is 0 Å². The maximum Gasteiger partial charge on any atom is 0.326 e. The van der Waals surface area contributed by atoms with Crippen molar-refractivity contribution in [2.75, 3.05) is 6.54 Å². The minimum Gasteiger partial charge on any atom is -0.481 e. The van der Waals surface area contributed by atoms with E-state index < -0.39 is 121 Å². The van der Waals surface area contributed by atoms with Crippen molar-refractivity contribution >= 4 is 53.4 Å². The maximum atomic E-state index is 13.4. The second kappa shape index (κ2) is 20.3. The topological polar surface area (TPSA) is 327 Å². The van der Waals surface area contributed by atoms with Gasteiger partial charge in [-0.1, -0.05) is 34.1 Å². The number of carboxylic acid groups (broad SMARTS) is 3. The normalized spacial score (nSPS) is 14.7. The fourth-order valence-electron chi connectivity index (χ4n) is 3.99. The van der Waals surface area contributed by atoms with E-state index in [9.17, 15) is 53.4 Å². The molecule has 0 spiro atoms.